The van der Waals surface area contributed by atoms with E-state index in [0.29, 0.717) is 33.7 Å². The Bertz CT molecular complexity index is 1410. The Hall–Kier alpha value is -4.31. The summed E-state index contributed by atoms with van der Waals surface area (Å²) in [7, 11) is 3.24. The molecule has 10 heteroatoms. The molecule has 4 aromatic rings. The van der Waals surface area contributed by atoms with Gasteiger partial charge in [-0.2, -0.15) is 0 Å². The van der Waals surface area contributed by atoms with Crippen molar-refractivity contribution in [1.29, 1.82) is 0 Å². The molecule has 0 bridgehead atoms. The van der Waals surface area contributed by atoms with E-state index in [9.17, 15) is 4.79 Å². The van der Waals surface area contributed by atoms with E-state index in [2.05, 4.69) is 15.5 Å². The first kappa shape index (κ1) is 24.4. The van der Waals surface area contributed by atoms with Gasteiger partial charge in [-0.1, -0.05) is 11.8 Å². The Morgan fingerprint density at radius 1 is 0.865 bits per heavy atom. The van der Waals surface area contributed by atoms with Gasteiger partial charge in [-0.05, 0) is 67.6 Å². The maximum Gasteiger partial charge on any atom is 0.237 e. The molecule has 5 rings (SSSR count). The first-order valence-electron chi connectivity index (χ1n) is 11.4. The molecule has 1 amide bonds. The fourth-order valence-electron chi connectivity index (χ4n) is 3.68. The highest BCUT2D eigenvalue weighted by Gasteiger charge is 2.21. The van der Waals surface area contributed by atoms with E-state index in [0.717, 1.165) is 22.6 Å². The number of nitrogens with zero attached hydrogens (tertiary/aromatic N) is 3. The van der Waals surface area contributed by atoms with Crippen LogP contribution in [0, 0.1) is 0 Å². The predicted octanol–water partition coefficient (Wildman–Crippen LogP) is 5.07. The molecule has 0 aliphatic carbocycles. The molecule has 1 aliphatic heterocycles. The normalized spacial score (nSPS) is 12.6. The average Bonchev–Trinajstić information content (AvgIpc) is 3.41. The summed E-state index contributed by atoms with van der Waals surface area (Å²) in [5, 5.41) is 11.6. The van der Waals surface area contributed by atoms with E-state index in [-0.39, 0.29) is 12.7 Å². The molecular formula is C27H24N4O5S. The molecule has 1 aliphatic rings. The number of nitrogens with one attached hydrogen (secondary N) is 1. The minimum Gasteiger partial charge on any atom is -0.497 e. The van der Waals surface area contributed by atoms with Gasteiger partial charge in [0.2, 0.25) is 17.9 Å². The topological polar surface area (TPSA) is 105 Å². The van der Waals surface area contributed by atoms with Gasteiger partial charge in [0, 0.05) is 22.9 Å². The van der Waals surface area contributed by atoms with E-state index < -0.39 is 5.25 Å². The van der Waals surface area contributed by atoms with Gasteiger partial charge in [-0.15, -0.1) is 10.2 Å². The van der Waals surface area contributed by atoms with Crippen molar-refractivity contribution in [2.45, 2.75) is 17.3 Å². The molecule has 0 saturated carbocycles. The Labute approximate surface area is 218 Å². The van der Waals surface area contributed by atoms with Gasteiger partial charge in [0.15, 0.2) is 11.5 Å². The second-order valence-electron chi connectivity index (χ2n) is 8.07. The van der Waals surface area contributed by atoms with Crippen LogP contribution in [0.15, 0.2) is 71.9 Å². The lowest BCUT2D eigenvalue weighted by Crippen LogP contribution is -2.22. The number of thioether (sulfide) groups is 1. The summed E-state index contributed by atoms with van der Waals surface area (Å²) in [6.07, 6.45) is 0. The predicted molar refractivity (Wildman–Crippen MR) is 140 cm³/mol. The SMILES string of the molecule is COc1ccc(-c2nnc(SC(C)C(=O)Nc3ccc4c(c3)OCO4)nc2-c2ccc(OC)cc2)cc1. The number of hydrogen-bond donors (Lipinski definition) is 1. The highest BCUT2D eigenvalue weighted by atomic mass is 32.2. The highest BCUT2D eigenvalue weighted by Crippen LogP contribution is 2.35. The Kier molecular flexibility index (Phi) is 7.09. The Balaban J connectivity index is 1.39. The third kappa shape index (κ3) is 5.44. The average molecular weight is 517 g/mol. The van der Waals surface area contributed by atoms with E-state index >= 15 is 0 Å². The second kappa shape index (κ2) is 10.8. The van der Waals surface area contributed by atoms with E-state index in [1.54, 1.807) is 39.3 Å². The van der Waals surface area contributed by atoms with E-state index in [4.69, 9.17) is 23.9 Å². The van der Waals surface area contributed by atoms with Crippen LogP contribution in [0.2, 0.25) is 0 Å². The van der Waals surface area contributed by atoms with Crippen LogP contribution in [-0.2, 0) is 4.79 Å². The zero-order valence-corrected chi connectivity index (χ0v) is 21.2. The molecule has 0 fully saturated rings. The Morgan fingerprint density at radius 2 is 1.49 bits per heavy atom. The number of fused-ring (bicyclic) bond motifs is 1. The third-order valence-corrected chi connectivity index (χ3v) is 6.64. The lowest BCUT2D eigenvalue weighted by atomic mass is 10.0. The van der Waals surface area contributed by atoms with Crippen molar-refractivity contribution >= 4 is 23.4 Å². The standard InChI is InChI=1S/C27H24N4O5S/c1-16(26(32)28-19-8-13-22-23(14-19)36-15-35-22)37-27-29-24(17-4-9-20(33-2)10-5-17)25(30-31-27)18-6-11-21(34-3)12-7-18/h4-14,16H,15H2,1-3H3,(H,28,32). The van der Waals surface area contributed by atoms with Crippen LogP contribution in [0.5, 0.6) is 23.0 Å². The van der Waals surface area contributed by atoms with Crippen LogP contribution in [0.4, 0.5) is 5.69 Å². The quantitative estimate of drug-likeness (QED) is 0.321. The number of aromatic nitrogens is 3. The first-order chi connectivity index (χ1) is 18.0. The van der Waals surface area contributed by atoms with Crippen molar-refractivity contribution in [3.63, 3.8) is 0 Å². The molecule has 2 heterocycles. The molecule has 37 heavy (non-hydrogen) atoms. The molecule has 1 unspecified atom stereocenters. The van der Waals surface area contributed by atoms with Gasteiger partial charge in [-0.3, -0.25) is 4.79 Å². The van der Waals surface area contributed by atoms with Crippen LogP contribution >= 0.6 is 11.8 Å². The molecule has 0 saturated heterocycles. The number of ether oxygens (including phenoxy) is 4. The number of anilines is 1. The summed E-state index contributed by atoms with van der Waals surface area (Å²) in [5.74, 6) is 2.54. The third-order valence-electron chi connectivity index (χ3n) is 5.69. The summed E-state index contributed by atoms with van der Waals surface area (Å²) in [5.41, 5.74) is 3.58. The highest BCUT2D eigenvalue weighted by molar-refractivity contribution is 8.00. The van der Waals surface area contributed by atoms with E-state index in [1.165, 1.54) is 11.8 Å². The molecular weight excluding hydrogens is 492 g/mol. The van der Waals surface area contributed by atoms with Gasteiger partial charge in [0.1, 0.15) is 22.9 Å². The monoisotopic (exact) mass is 516 g/mol. The zero-order chi connectivity index (χ0) is 25.8. The van der Waals surface area contributed by atoms with Crippen molar-refractivity contribution in [3.8, 4) is 45.5 Å². The molecule has 1 atom stereocenters. The van der Waals surface area contributed by atoms with Crippen molar-refractivity contribution in [2.75, 3.05) is 26.3 Å². The molecule has 188 valence electrons. The summed E-state index contributed by atoms with van der Waals surface area (Å²) >= 11 is 1.23. The fourth-order valence-corrected chi connectivity index (χ4v) is 4.40. The summed E-state index contributed by atoms with van der Waals surface area (Å²) < 4.78 is 21.3. The van der Waals surface area contributed by atoms with Gasteiger partial charge >= 0.3 is 0 Å². The number of carbonyl (C=O) groups excluding carboxylic acids is 1. The largest absolute Gasteiger partial charge is 0.497 e. The fraction of sp³-hybridized carbons (Fsp3) is 0.185. The van der Waals surface area contributed by atoms with Crippen molar-refractivity contribution in [3.05, 3.63) is 66.7 Å². The maximum absolute atomic E-state index is 12.9. The van der Waals surface area contributed by atoms with E-state index in [1.807, 2.05) is 48.5 Å². The molecule has 0 radical (unpaired) electrons. The van der Waals surface area contributed by atoms with Gasteiger partial charge in [-0.25, -0.2) is 4.98 Å². The van der Waals surface area contributed by atoms with Gasteiger partial charge < -0.3 is 24.3 Å². The number of amides is 1. The lowest BCUT2D eigenvalue weighted by Gasteiger charge is -2.13. The van der Waals surface area contributed by atoms with Gasteiger partial charge in [0.05, 0.1) is 19.5 Å². The molecule has 1 N–H and O–H groups in total. The first-order valence-corrected chi connectivity index (χ1v) is 12.3. The minimum atomic E-state index is -0.484. The van der Waals surface area contributed by atoms with Crippen LogP contribution in [0.25, 0.3) is 22.5 Å². The van der Waals surface area contributed by atoms with Crippen molar-refractivity contribution in [1.82, 2.24) is 15.2 Å². The summed E-state index contributed by atoms with van der Waals surface area (Å²) in [6.45, 7) is 1.97. The van der Waals surface area contributed by atoms with Gasteiger partial charge in [0.25, 0.3) is 0 Å². The van der Waals surface area contributed by atoms with Crippen LogP contribution < -0.4 is 24.3 Å². The summed E-state index contributed by atoms with van der Waals surface area (Å²) in [6, 6.07) is 20.4. The second-order valence-corrected chi connectivity index (χ2v) is 9.37. The number of hydrogen-bond acceptors (Lipinski definition) is 9. The number of rotatable bonds is 8. The smallest absolute Gasteiger partial charge is 0.237 e. The van der Waals surface area contributed by atoms with Crippen LogP contribution in [-0.4, -0.2) is 47.4 Å². The number of benzene rings is 3. The zero-order valence-electron chi connectivity index (χ0n) is 20.4. The minimum absolute atomic E-state index is 0.173. The molecule has 9 nitrogen and oxygen atoms in total. The van der Waals surface area contributed by atoms with Crippen LogP contribution in [0.1, 0.15) is 6.92 Å². The number of methoxy groups -OCH3 is 2. The molecule has 0 spiro atoms. The van der Waals surface area contributed by atoms with Crippen molar-refractivity contribution in [2.24, 2.45) is 0 Å². The van der Waals surface area contributed by atoms with Crippen molar-refractivity contribution < 1.29 is 23.7 Å². The lowest BCUT2D eigenvalue weighted by molar-refractivity contribution is -0.115. The molecule has 3 aromatic carbocycles. The Morgan fingerprint density at radius 3 is 2.14 bits per heavy atom. The summed E-state index contributed by atoms with van der Waals surface area (Å²) in [4.78, 5) is 17.7. The maximum atomic E-state index is 12.9. The molecule has 1 aromatic heterocycles. The number of carbonyl (C=O) groups is 1. The van der Waals surface area contributed by atoms with Crippen LogP contribution in [0.3, 0.4) is 0 Å².